The maximum absolute atomic E-state index is 10.5. The molecule has 0 amide bonds. The van der Waals surface area contributed by atoms with E-state index in [0.717, 1.165) is 13.8 Å². The molecule has 13 heavy (non-hydrogen) atoms. The summed E-state index contributed by atoms with van der Waals surface area (Å²) in [4.78, 5) is 28.3. The first-order valence-electron chi connectivity index (χ1n) is 3.30. The number of hydrogen-bond donors (Lipinski definition) is 1. The largest absolute Gasteiger partial charge is 0.554 e. The minimum absolute atomic E-state index is 1.11. The standard InChI is InChI=1S/C5H8N2O6/c1-3(2)5(4(8)9,6(10)11)7(12)13/h3H,1-2H3,(H,8,9). The summed E-state index contributed by atoms with van der Waals surface area (Å²) >= 11 is 0. The molecule has 0 rings (SSSR count). The summed E-state index contributed by atoms with van der Waals surface area (Å²) < 4.78 is 0. The Morgan fingerprint density at radius 2 is 1.62 bits per heavy atom. The average molecular weight is 192 g/mol. The predicted molar refractivity (Wildman–Crippen MR) is 39.2 cm³/mol. The lowest BCUT2D eigenvalue weighted by atomic mass is 9.98. The Bertz CT molecular complexity index is 224. The zero-order chi connectivity index (χ0) is 10.8. The van der Waals surface area contributed by atoms with Crippen molar-refractivity contribution in [1.29, 1.82) is 0 Å². The molecule has 0 bridgehead atoms. The fourth-order valence-corrected chi connectivity index (χ4v) is 0.891. The lowest BCUT2D eigenvalue weighted by molar-refractivity contribution is -0.786. The third-order valence-electron chi connectivity index (χ3n) is 1.68. The normalized spacial score (nSPS) is 11.3. The topological polar surface area (TPSA) is 124 Å². The van der Waals surface area contributed by atoms with Gasteiger partial charge in [0, 0.05) is 0 Å². The van der Waals surface area contributed by atoms with Gasteiger partial charge in [-0.3, -0.25) is 20.2 Å². The van der Waals surface area contributed by atoms with Crippen LogP contribution in [-0.4, -0.2) is 26.6 Å². The van der Waals surface area contributed by atoms with Crippen LogP contribution in [0.2, 0.25) is 0 Å². The van der Waals surface area contributed by atoms with Crippen LogP contribution in [0.4, 0.5) is 0 Å². The van der Waals surface area contributed by atoms with Crippen molar-refractivity contribution < 1.29 is 19.7 Å². The van der Waals surface area contributed by atoms with E-state index in [9.17, 15) is 25.0 Å². The summed E-state index contributed by atoms with van der Waals surface area (Å²) in [6.45, 7) is 2.22. The van der Waals surface area contributed by atoms with Gasteiger partial charge in [0.15, 0.2) is 0 Å². The van der Waals surface area contributed by atoms with E-state index in [0.29, 0.717) is 0 Å². The van der Waals surface area contributed by atoms with E-state index in [1.807, 2.05) is 0 Å². The van der Waals surface area contributed by atoms with Crippen molar-refractivity contribution >= 4 is 5.97 Å². The fourth-order valence-electron chi connectivity index (χ4n) is 0.891. The monoisotopic (exact) mass is 192 g/mol. The number of carboxylic acids is 1. The molecule has 74 valence electrons. The molecule has 0 aliphatic carbocycles. The molecule has 0 heterocycles. The molecule has 0 aliphatic heterocycles. The first-order valence-corrected chi connectivity index (χ1v) is 3.30. The maximum atomic E-state index is 10.5. The summed E-state index contributed by atoms with van der Waals surface area (Å²) in [7, 11) is 0. The van der Waals surface area contributed by atoms with Gasteiger partial charge in [0.25, 0.3) is 0 Å². The van der Waals surface area contributed by atoms with Crippen molar-refractivity contribution in [3.05, 3.63) is 20.2 Å². The lowest BCUT2D eigenvalue weighted by Gasteiger charge is -2.15. The highest BCUT2D eigenvalue weighted by Crippen LogP contribution is 2.22. The molecule has 0 unspecified atom stereocenters. The van der Waals surface area contributed by atoms with Crippen LogP contribution in [0, 0.1) is 26.1 Å². The molecule has 8 heteroatoms. The van der Waals surface area contributed by atoms with Crippen LogP contribution in [-0.2, 0) is 4.79 Å². The molecule has 0 radical (unpaired) electrons. The van der Waals surface area contributed by atoms with Gasteiger partial charge >= 0.3 is 11.6 Å². The Balaban J connectivity index is 5.46. The molecule has 0 spiro atoms. The molecule has 0 aliphatic rings. The van der Waals surface area contributed by atoms with E-state index in [1.165, 1.54) is 0 Å². The summed E-state index contributed by atoms with van der Waals surface area (Å²) in [6.07, 6.45) is 0. The van der Waals surface area contributed by atoms with Crippen molar-refractivity contribution in [2.24, 2.45) is 5.92 Å². The zero-order valence-corrected chi connectivity index (χ0v) is 6.96. The fraction of sp³-hybridized carbons (Fsp3) is 0.800. The van der Waals surface area contributed by atoms with Crippen molar-refractivity contribution in [1.82, 2.24) is 0 Å². The Kier molecular flexibility index (Phi) is 2.89. The van der Waals surface area contributed by atoms with Gasteiger partial charge in [-0.2, -0.15) is 0 Å². The molecule has 0 aromatic carbocycles. The van der Waals surface area contributed by atoms with E-state index in [-0.39, 0.29) is 0 Å². The van der Waals surface area contributed by atoms with Gasteiger partial charge in [0.2, 0.25) is 0 Å². The zero-order valence-electron chi connectivity index (χ0n) is 6.96. The quantitative estimate of drug-likeness (QED) is 0.379. The highest BCUT2D eigenvalue weighted by Gasteiger charge is 2.67. The van der Waals surface area contributed by atoms with Crippen molar-refractivity contribution in [2.45, 2.75) is 19.5 Å². The number of carbonyl (C=O) groups is 1. The SMILES string of the molecule is CC(C)C(C(=O)O)([N+](=O)[O-])[N+](=O)[O-]. The van der Waals surface area contributed by atoms with Gasteiger partial charge in [-0.1, -0.05) is 0 Å². The molecule has 8 nitrogen and oxygen atoms in total. The number of hydrogen-bond acceptors (Lipinski definition) is 5. The molecule has 0 saturated carbocycles. The molecule has 0 saturated heterocycles. The minimum atomic E-state index is -3.14. The smallest absolute Gasteiger partial charge is 0.470 e. The molecule has 0 aromatic rings. The third kappa shape index (κ3) is 1.42. The number of aliphatic carboxylic acids is 1. The second kappa shape index (κ2) is 3.33. The van der Waals surface area contributed by atoms with E-state index < -0.39 is 27.4 Å². The first kappa shape index (κ1) is 11.3. The Morgan fingerprint density at radius 1 is 1.31 bits per heavy atom. The molecule has 0 fully saturated rings. The second-order valence-corrected chi connectivity index (χ2v) is 2.70. The molecular weight excluding hydrogens is 184 g/mol. The second-order valence-electron chi connectivity index (χ2n) is 2.70. The minimum Gasteiger partial charge on any atom is -0.470 e. The van der Waals surface area contributed by atoms with E-state index >= 15 is 0 Å². The van der Waals surface area contributed by atoms with Crippen LogP contribution in [0.1, 0.15) is 13.8 Å². The molecule has 0 aromatic heterocycles. The summed E-state index contributed by atoms with van der Waals surface area (Å²) in [5.74, 6) is -3.28. The summed E-state index contributed by atoms with van der Waals surface area (Å²) in [5.41, 5.74) is -3.14. The van der Waals surface area contributed by atoms with Gasteiger partial charge in [0.05, 0.1) is 0 Å². The maximum Gasteiger partial charge on any atom is 0.554 e. The highest BCUT2D eigenvalue weighted by molar-refractivity contribution is 5.75. The van der Waals surface area contributed by atoms with Gasteiger partial charge in [-0.15, -0.1) is 0 Å². The van der Waals surface area contributed by atoms with Crippen LogP contribution in [0.15, 0.2) is 0 Å². The van der Waals surface area contributed by atoms with E-state index in [4.69, 9.17) is 5.11 Å². The van der Waals surface area contributed by atoms with Gasteiger partial charge < -0.3 is 5.11 Å². The predicted octanol–water partition coefficient (Wildman–Crippen LogP) is -0.0233. The van der Waals surface area contributed by atoms with Crippen molar-refractivity contribution in [3.63, 3.8) is 0 Å². The molecular formula is C5H8N2O6. The van der Waals surface area contributed by atoms with Crippen LogP contribution in [0.5, 0.6) is 0 Å². The summed E-state index contributed by atoms with van der Waals surface area (Å²) in [5, 5.41) is 29.1. The molecule has 0 atom stereocenters. The van der Waals surface area contributed by atoms with Gasteiger partial charge in [0.1, 0.15) is 15.8 Å². The van der Waals surface area contributed by atoms with Crippen LogP contribution >= 0.6 is 0 Å². The van der Waals surface area contributed by atoms with Gasteiger partial charge in [-0.05, 0) is 13.8 Å². The Hall–Kier alpha value is -1.73. The number of rotatable bonds is 4. The third-order valence-corrected chi connectivity index (χ3v) is 1.68. The first-order chi connectivity index (χ1) is 5.77. The number of nitrogens with zero attached hydrogens (tertiary/aromatic N) is 2. The van der Waals surface area contributed by atoms with Crippen LogP contribution in [0.25, 0.3) is 0 Å². The molecule has 1 N–H and O–H groups in total. The Labute approximate surface area is 72.5 Å². The highest BCUT2D eigenvalue weighted by atomic mass is 16.7. The number of carboxylic acid groups (broad SMARTS) is 1. The average Bonchev–Trinajstić information content (AvgIpc) is 1.82. The van der Waals surface area contributed by atoms with Crippen LogP contribution < -0.4 is 0 Å². The van der Waals surface area contributed by atoms with Crippen LogP contribution in [0.3, 0.4) is 0 Å². The van der Waals surface area contributed by atoms with Crippen molar-refractivity contribution in [2.75, 3.05) is 0 Å². The lowest BCUT2D eigenvalue weighted by Crippen LogP contribution is -2.57. The number of nitro groups is 2. The van der Waals surface area contributed by atoms with Gasteiger partial charge in [-0.25, -0.2) is 4.79 Å². The summed E-state index contributed by atoms with van der Waals surface area (Å²) in [6, 6.07) is 0. The van der Waals surface area contributed by atoms with E-state index in [2.05, 4.69) is 0 Å². The van der Waals surface area contributed by atoms with Crippen molar-refractivity contribution in [3.8, 4) is 0 Å². The Morgan fingerprint density at radius 3 is 1.62 bits per heavy atom. The van der Waals surface area contributed by atoms with E-state index in [1.54, 1.807) is 0 Å².